The molecule has 1 saturated heterocycles. The molecule has 2 heterocycles. The topological polar surface area (TPSA) is 133 Å². The highest BCUT2D eigenvalue weighted by Crippen LogP contribution is 2.40. The van der Waals surface area contributed by atoms with Crippen molar-refractivity contribution >= 4 is 35.2 Å². The molecule has 0 bridgehead atoms. The summed E-state index contributed by atoms with van der Waals surface area (Å²) in [6.07, 6.45) is -3.33. The normalized spacial score (nSPS) is 25.3. The van der Waals surface area contributed by atoms with E-state index in [0.29, 0.717) is 29.3 Å². The molecular formula is C29H31ClN2O8. The molecular weight excluding hydrogens is 540 g/mol. The number of benzene rings is 2. The first-order valence-corrected chi connectivity index (χ1v) is 13.3. The van der Waals surface area contributed by atoms with Crippen LogP contribution in [0.15, 0.2) is 36.4 Å². The summed E-state index contributed by atoms with van der Waals surface area (Å²) in [5.41, 5.74) is 3.17. The summed E-state index contributed by atoms with van der Waals surface area (Å²) in [4.78, 5) is 35.6. The zero-order valence-corrected chi connectivity index (χ0v) is 23.4. The van der Waals surface area contributed by atoms with Gasteiger partial charge in [0.25, 0.3) is 0 Å². The van der Waals surface area contributed by atoms with Crippen LogP contribution in [0.2, 0.25) is 5.02 Å². The lowest BCUT2D eigenvalue weighted by Gasteiger charge is -2.44. The van der Waals surface area contributed by atoms with Gasteiger partial charge in [0.05, 0.1) is 18.3 Å². The van der Waals surface area contributed by atoms with Gasteiger partial charge in [-0.05, 0) is 41.3 Å². The van der Waals surface area contributed by atoms with E-state index in [1.54, 1.807) is 19.1 Å². The van der Waals surface area contributed by atoms with Gasteiger partial charge in [-0.3, -0.25) is 14.4 Å². The molecule has 1 fully saturated rings. The van der Waals surface area contributed by atoms with Gasteiger partial charge in [-0.15, -0.1) is 0 Å². The average Bonchev–Trinajstić information content (AvgIpc) is 2.90. The van der Waals surface area contributed by atoms with Crippen LogP contribution in [0, 0.1) is 17.2 Å². The van der Waals surface area contributed by atoms with Crippen LogP contribution in [-0.4, -0.2) is 55.5 Å². The number of anilines is 1. The zero-order valence-electron chi connectivity index (χ0n) is 22.6. The van der Waals surface area contributed by atoms with Gasteiger partial charge in [0.15, 0.2) is 6.10 Å². The highest BCUT2D eigenvalue weighted by molar-refractivity contribution is 6.31. The molecule has 0 aliphatic carbocycles. The second-order valence-corrected chi connectivity index (χ2v) is 10.3. The second kappa shape index (κ2) is 12.6. The van der Waals surface area contributed by atoms with E-state index >= 15 is 0 Å². The number of fused-ring (bicyclic) bond motifs is 1. The minimum Gasteiger partial charge on any atom is -0.472 e. The third-order valence-corrected chi connectivity index (χ3v) is 7.20. The van der Waals surface area contributed by atoms with Crippen molar-refractivity contribution in [1.82, 2.24) is 0 Å². The zero-order chi connectivity index (χ0) is 29.0. The molecule has 0 spiro atoms. The number of nitriles is 1. The van der Waals surface area contributed by atoms with Crippen LogP contribution in [0.5, 0.6) is 5.75 Å². The second-order valence-electron chi connectivity index (χ2n) is 9.88. The SMILES string of the molecule is CC(=O)OC[C@H]1O[C@@H](c2ccc(Cl)c(Cc3ccc4c(c3)NCC(C#N)O4)c2)C(OC(C)=O)[C@@H](OC(C)=O)C1C. The molecule has 3 unspecified atom stereocenters. The molecule has 6 atom stereocenters. The van der Waals surface area contributed by atoms with Crippen molar-refractivity contribution in [2.45, 2.75) is 64.6 Å². The van der Waals surface area contributed by atoms with Gasteiger partial charge in [0, 0.05) is 31.7 Å². The number of hydrogen-bond acceptors (Lipinski definition) is 10. The molecule has 1 N–H and O–H groups in total. The van der Waals surface area contributed by atoms with Crippen LogP contribution in [0.1, 0.15) is 50.5 Å². The van der Waals surface area contributed by atoms with Crippen molar-refractivity contribution in [1.29, 1.82) is 5.26 Å². The summed E-state index contributed by atoms with van der Waals surface area (Å²) in [5.74, 6) is -1.41. The number of nitrogens with one attached hydrogen (secondary N) is 1. The van der Waals surface area contributed by atoms with Crippen LogP contribution < -0.4 is 10.1 Å². The quantitative estimate of drug-likeness (QED) is 0.382. The number of carbonyl (C=O) groups is 3. The smallest absolute Gasteiger partial charge is 0.303 e. The van der Waals surface area contributed by atoms with Gasteiger partial charge in [-0.1, -0.05) is 36.7 Å². The van der Waals surface area contributed by atoms with E-state index in [9.17, 15) is 14.4 Å². The highest BCUT2D eigenvalue weighted by atomic mass is 35.5. The molecule has 2 aromatic rings. The molecule has 0 radical (unpaired) electrons. The van der Waals surface area contributed by atoms with Crippen LogP contribution in [0.3, 0.4) is 0 Å². The summed E-state index contributed by atoms with van der Waals surface area (Å²) in [5, 5.41) is 12.9. The van der Waals surface area contributed by atoms with E-state index in [1.165, 1.54) is 20.8 Å². The van der Waals surface area contributed by atoms with Crippen molar-refractivity contribution < 1.29 is 38.1 Å². The fraction of sp³-hybridized carbons (Fsp3) is 0.448. The van der Waals surface area contributed by atoms with Crippen molar-refractivity contribution in [2.75, 3.05) is 18.5 Å². The fourth-order valence-electron chi connectivity index (χ4n) is 4.94. The van der Waals surface area contributed by atoms with E-state index in [1.807, 2.05) is 24.3 Å². The minimum absolute atomic E-state index is 0.0607. The Bertz CT molecular complexity index is 1330. The monoisotopic (exact) mass is 570 g/mol. The summed E-state index contributed by atoms with van der Waals surface area (Å²) >= 11 is 6.59. The predicted octanol–water partition coefficient (Wildman–Crippen LogP) is 4.13. The van der Waals surface area contributed by atoms with Gasteiger partial charge in [-0.25, -0.2) is 0 Å². The number of ether oxygens (including phenoxy) is 5. The Kier molecular flexibility index (Phi) is 9.17. The lowest BCUT2D eigenvalue weighted by atomic mass is 9.85. The maximum Gasteiger partial charge on any atom is 0.303 e. The molecule has 212 valence electrons. The summed E-state index contributed by atoms with van der Waals surface area (Å²) in [6, 6.07) is 13.1. The third kappa shape index (κ3) is 6.84. The van der Waals surface area contributed by atoms with E-state index in [0.717, 1.165) is 16.8 Å². The Morgan fingerprint density at radius 2 is 1.77 bits per heavy atom. The van der Waals surface area contributed by atoms with Crippen LogP contribution in [0.4, 0.5) is 5.69 Å². The van der Waals surface area contributed by atoms with Gasteiger partial charge >= 0.3 is 17.9 Å². The van der Waals surface area contributed by atoms with Crippen molar-refractivity contribution in [3.05, 3.63) is 58.1 Å². The first-order valence-electron chi connectivity index (χ1n) is 12.9. The van der Waals surface area contributed by atoms with E-state index in [-0.39, 0.29) is 6.61 Å². The third-order valence-electron chi connectivity index (χ3n) is 6.83. The molecule has 10 nitrogen and oxygen atoms in total. The number of esters is 3. The van der Waals surface area contributed by atoms with Gasteiger partial charge in [-0.2, -0.15) is 5.26 Å². The van der Waals surface area contributed by atoms with E-state index in [2.05, 4.69) is 11.4 Å². The largest absolute Gasteiger partial charge is 0.472 e. The lowest BCUT2D eigenvalue weighted by molar-refractivity contribution is -0.232. The Morgan fingerprint density at radius 1 is 1.05 bits per heavy atom. The Hall–Kier alpha value is -3.81. The maximum absolute atomic E-state index is 12.1. The Morgan fingerprint density at radius 3 is 2.45 bits per heavy atom. The first-order chi connectivity index (χ1) is 19.0. The van der Waals surface area contributed by atoms with Gasteiger partial charge in [0.1, 0.15) is 30.6 Å². The first kappa shape index (κ1) is 29.2. The van der Waals surface area contributed by atoms with Gasteiger partial charge in [0.2, 0.25) is 6.10 Å². The molecule has 0 amide bonds. The number of hydrogen-bond donors (Lipinski definition) is 1. The maximum atomic E-state index is 12.1. The summed E-state index contributed by atoms with van der Waals surface area (Å²) < 4.78 is 28.5. The summed E-state index contributed by atoms with van der Waals surface area (Å²) in [6.45, 7) is 5.96. The molecule has 2 aliphatic heterocycles. The fourth-order valence-corrected chi connectivity index (χ4v) is 5.13. The van der Waals surface area contributed by atoms with E-state index in [4.69, 9.17) is 40.5 Å². The minimum atomic E-state index is -0.947. The molecule has 11 heteroatoms. The standard InChI is InChI=1S/C29H31ClN2O8/c1-15-26(14-36-16(2)33)40-28(29(38-18(4)35)27(15)37-17(3)34)20-6-7-23(30)21(11-20)9-19-5-8-25-24(10-19)32-13-22(12-31)39-25/h5-8,10-11,15,22,26-29,32H,9,13-14H2,1-4H3/t15?,22?,26-,27+,28+,29?/m1/s1. The average molecular weight is 571 g/mol. The predicted molar refractivity (Wildman–Crippen MR) is 144 cm³/mol. The number of carbonyl (C=O) groups excluding carboxylic acids is 3. The Labute approximate surface area is 237 Å². The van der Waals surface area contributed by atoms with Crippen LogP contribution in [0.25, 0.3) is 0 Å². The molecule has 2 aliphatic rings. The van der Waals surface area contributed by atoms with Crippen LogP contribution in [-0.2, 0) is 39.8 Å². The van der Waals surface area contributed by atoms with E-state index < -0.39 is 54.3 Å². The highest BCUT2D eigenvalue weighted by Gasteiger charge is 2.48. The number of nitrogens with zero attached hydrogens (tertiary/aromatic N) is 1. The van der Waals surface area contributed by atoms with Crippen molar-refractivity contribution in [2.24, 2.45) is 5.92 Å². The molecule has 0 aromatic heterocycles. The van der Waals surface area contributed by atoms with Gasteiger partial charge < -0.3 is 29.0 Å². The van der Waals surface area contributed by atoms with Crippen molar-refractivity contribution in [3.63, 3.8) is 0 Å². The number of rotatable bonds is 7. The molecule has 0 saturated carbocycles. The number of halogens is 1. The molecule has 2 aromatic carbocycles. The van der Waals surface area contributed by atoms with Crippen molar-refractivity contribution in [3.8, 4) is 11.8 Å². The Balaban J connectivity index is 1.66. The molecule has 40 heavy (non-hydrogen) atoms. The summed E-state index contributed by atoms with van der Waals surface area (Å²) in [7, 11) is 0. The van der Waals surface area contributed by atoms with Crippen LogP contribution >= 0.6 is 11.6 Å². The lowest BCUT2D eigenvalue weighted by Crippen LogP contribution is -2.54. The molecule has 4 rings (SSSR count).